The van der Waals surface area contributed by atoms with E-state index in [0.29, 0.717) is 6.54 Å². The van der Waals surface area contributed by atoms with E-state index < -0.39 is 0 Å². The van der Waals surface area contributed by atoms with Gasteiger partial charge in [0, 0.05) is 26.8 Å². The summed E-state index contributed by atoms with van der Waals surface area (Å²) in [6.07, 6.45) is 2.61. The van der Waals surface area contributed by atoms with Gasteiger partial charge in [0.25, 0.3) is 0 Å². The second kappa shape index (κ2) is 7.09. The molecule has 0 atom stereocenters. The lowest BCUT2D eigenvalue weighted by atomic mass is 10.2. The maximum Gasteiger partial charge on any atom is 0.241 e. The first-order chi connectivity index (χ1) is 8.99. The first kappa shape index (κ1) is 15.4. The Balaban J connectivity index is 2.95. The highest BCUT2D eigenvalue weighted by Gasteiger charge is 2.15. The Bertz CT molecular complexity index is 433. The van der Waals surface area contributed by atoms with E-state index in [9.17, 15) is 4.79 Å². The van der Waals surface area contributed by atoms with Crippen LogP contribution >= 0.6 is 0 Å². The number of rotatable bonds is 6. The second-order valence-corrected chi connectivity index (χ2v) is 4.85. The molecule has 0 unspecified atom stereocenters. The third-order valence-corrected chi connectivity index (χ3v) is 2.91. The van der Waals surface area contributed by atoms with E-state index in [1.165, 1.54) is 0 Å². The Kier molecular flexibility index (Phi) is 5.76. The molecule has 0 aliphatic carbocycles. The standard InChI is InChI=1S/C14H23N3O2/c1-5-6-17(9-13(19)16(3)4)14-11(2)7-12(10-18)8-15-14/h7-8,18H,5-6,9-10H2,1-4H3. The summed E-state index contributed by atoms with van der Waals surface area (Å²) >= 11 is 0. The third kappa shape index (κ3) is 4.21. The Hall–Kier alpha value is -1.62. The van der Waals surface area contributed by atoms with E-state index in [1.54, 1.807) is 25.2 Å². The topological polar surface area (TPSA) is 56.7 Å². The van der Waals surface area contributed by atoms with Gasteiger partial charge in [-0.25, -0.2) is 4.98 Å². The monoisotopic (exact) mass is 265 g/mol. The number of aromatic nitrogens is 1. The summed E-state index contributed by atoms with van der Waals surface area (Å²) in [7, 11) is 3.50. The highest BCUT2D eigenvalue weighted by Crippen LogP contribution is 2.18. The number of carbonyl (C=O) groups is 1. The van der Waals surface area contributed by atoms with Gasteiger partial charge in [0.15, 0.2) is 0 Å². The summed E-state index contributed by atoms with van der Waals surface area (Å²) in [5, 5.41) is 9.10. The summed E-state index contributed by atoms with van der Waals surface area (Å²) in [6.45, 7) is 5.12. The minimum Gasteiger partial charge on any atom is -0.392 e. The molecular weight excluding hydrogens is 242 g/mol. The maximum atomic E-state index is 11.9. The molecule has 5 heteroatoms. The zero-order chi connectivity index (χ0) is 14.4. The minimum absolute atomic E-state index is 0.0154. The quantitative estimate of drug-likeness (QED) is 0.839. The molecule has 0 fully saturated rings. The van der Waals surface area contributed by atoms with E-state index in [4.69, 9.17) is 5.11 Å². The number of nitrogens with zero attached hydrogens (tertiary/aromatic N) is 3. The van der Waals surface area contributed by atoms with Gasteiger partial charge in [0.1, 0.15) is 5.82 Å². The van der Waals surface area contributed by atoms with Crippen LogP contribution in [0.3, 0.4) is 0 Å². The smallest absolute Gasteiger partial charge is 0.241 e. The van der Waals surface area contributed by atoms with Gasteiger partial charge in [-0.3, -0.25) is 4.79 Å². The Labute approximate surface area is 114 Å². The lowest BCUT2D eigenvalue weighted by molar-refractivity contribution is -0.127. The van der Waals surface area contributed by atoms with Crippen LogP contribution in [-0.2, 0) is 11.4 Å². The average Bonchev–Trinajstić information content (AvgIpc) is 2.37. The van der Waals surface area contributed by atoms with Crippen LogP contribution in [0.25, 0.3) is 0 Å². The molecule has 0 aromatic carbocycles. The molecule has 1 rings (SSSR count). The first-order valence-electron chi connectivity index (χ1n) is 6.51. The molecule has 106 valence electrons. The molecule has 1 aromatic rings. The molecule has 0 saturated carbocycles. The van der Waals surface area contributed by atoms with Crippen molar-refractivity contribution >= 4 is 11.7 Å². The van der Waals surface area contributed by atoms with Crippen LogP contribution < -0.4 is 4.90 Å². The molecule has 0 saturated heterocycles. The second-order valence-electron chi connectivity index (χ2n) is 4.85. The highest BCUT2D eigenvalue weighted by molar-refractivity contribution is 5.80. The van der Waals surface area contributed by atoms with Crippen LogP contribution in [0.1, 0.15) is 24.5 Å². The molecule has 5 nitrogen and oxygen atoms in total. The Morgan fingerprint density at radius 3 is 2.58 bits per heavy atom. The lowest BCUT2D eigenvalue weighted by Gasteiger charge is -2.25. The number of anilines is 1. The number of likely N-dealkylation sites (N-methyl/N-ethyl adjacent to an activating group) is 1. The molecule has 0 radical (unpaired) electrons. The predicted molar refractivity (Wildman–Crippen MR) is 76.1 cm³/mol. The van der Waals surface area contributed by atoms with Crippen molar-refractivity contribution in [2.75, 3.05) is 32.1 Å². The first-order valence-corrected chi connectivity index (χ1v) is 6.51. The van der Waals surface area contributed by atoms with Crippen molar-refractivity contribution in [3.63, 3.8) is 0 Å². The fourth-order valence-corrected chi connectivity index (χ4v) is 1.88. The van der Waals surface area contributed by atoms with Crippen LogP contribution in [0.2, 0.25) is 0 Å². The molecule has 0 aliphatic rings. The maximum absolute atomic E-state index is 11.9. The van der Waals surface area contributed by atoms with Crippen molar-refractivity contribution in [1.29, 1.82) is 0 Å². The van der Waals surface area contributed by atoms with Gasteiger partial charge >= 0.3 is 0 Å². The van der Waals surface area contributed by atoms with Crippen molar-refractivity contribution in [3.8, 4) is 0 Å². The lowest BCUT2D eigenvalue weighted by Crippen LogP contribution is -2.37. The fraction of sp³-hybridized carbons (Fsp3) is 0.571. The van der Waals surface area contributed by atoms with Crippen LogP contribution in [0.15, 0.2) is 12.3 Å². The number of hydrogen-bond acceptors (Lipinski definition) is 4. The van der Waals surface area contributed by atoms with Gasteiger partial charge < -0.3 is 14.9 Å². The van der Waals surface area contributed by atoms with Crippen LogP contribution in [0, 0.1) is 6.92 Å². The third-order valence-electron chi connectivity index (χ3n) is 2.91. The van der Waals surface area contributed by atoms with Gasteiger partial charge in [-0.1, -0.05) is 6.92 Å². The van der Waals surface area contributed by atoms with E-state index >= 15 is 0 Å². The van der Waals surface area contributed by atoms with Crippen LogP contribution in [-0.4, -0.2) is 48.1 Å². The van der Waals surface area contributed by atoms with Gasteiger partial charge in [-0.2, -0.15) is 0 Å². The molecule has 1 aromatic heterocycles. The zero-order valence-corrected chi connectivity index (χ0v) is 12.2. The molecule has 0 aliphatic heterocycles. The number of aryl methyl sites for hydroxylation is 1. The van der Waals surface area contributed by atoms with Crippen molar-refractivity contribution in [3.05, 3.63) is 23.4 Å². The predicted octanol–water partition coefficient (Wildman–Crippen LogP) is 1.19. The van der Waals surface area contributed by atoms with Gasteiger partial charge in [-0.15, -0.1) is 0 Å². The van der Waals surface area contributed by atoms with Gasteiger partial charge in [-0.05, 0) is 30.5 Å². The van der Waals surface area contributed by atoms with Gasteiger partial charge in [0.2, 0.25) is 5.91 Å². The zero-order valence-electron chi connectivity index (χ0n) is 12.2. The highest BCUT2D eigenvalue weighted by atomic mass is 16.3. The summed E-state index contributed by atoms with van der Waals surface area (Å²) in [4.78, 5) is 19.8. The molecule has 1 heterocycles. The SMILES string of the molecule is CCCN(CC(=O)N(C)C)c1ncc(CO)cc1C. The van der Waals surface area contributed by atoms with Crippen molar-refractivity contribution in [1.82, 2.24) is 9.88 Å². The summed E-state index contributed by atoms with van der Waals surface area (Å²) in [5.74, 6) is 0.870. The number of aliphatic hydroxyl groups excluding tert-OH is 1. The van der Waals surface area contributed by atoms with Crippen LogP contribution in [0.4, 0.5) is 5.82 Å². The fourth-order valence-electron chi connectivity index (χ4n) is 1.88. The van der Waals surface area contributed by atoms with Crippen molar-refractivity contribution in [2.45, 2.75) is 26.9 Å². The molecule has 0 spiro atoms. The summed E-state index contributed by atoms with van der Waals surface area (Å²) < 4.78 is 0. The minimum atomic E-state index is -0.0154. The number of pyridine rings is 1. The molecular formula is C14H23N3O2. The van der Waals surface area contributed by atoms with Crippen LogP contribution in [0.5, 0.6) is 0 Å². The van der Waals surface area contributed by atoms with E-state index in [0.717, 1.165) is 29.9 Å². The molecule has 1 amide bonds. The largest absolute Gasteiger partial charge is 0.392 e. The number of carbonyl (C=O) groups excluding carboxylic acids is 1. The summed E-state index contributed by atoms with van der Waals surface area (Å²) in [6, 6.07) is 1.91. The number of hydrogen-bond donors (Lipinski definition) is 1. The molecule has 1 N–H and O–H groups in total. The molecule has 0 bridgehead atoms. The number of aliphatic hydroxyl groups is 1. The van der Waals surface area contributed by atoms with E-state index in [-0.39, 0.29) is 12.5 Å². The van der Waals surface area contributed by atoms with E-state index in [1.807, 2.05) is 17.9 Å². The Morgan fingerprint density at radius 1 is 1.42 bits per heavy atom. The van der Waals surface area contributed by atoms with E-state index in [2.05, 4.69) is 11.9 Å². The normalized spacial score (nSPS) is 10.4. The Morgan fingerprint density at radius 2 is 2.11 bits per heavy atom. The van der Waals surface area contributed by atoms with Crippen molar-refractivity contribution in [2.24, 2.45) is 0 Å². The number of amides is 1. The summed E-state index contributed by atoms with van der Waals surface area (Å²) in [5.41, 5.74) is 1.77. The van der Waals surface area contributed by atoms with Gasteiger partial charge in [0.05, 0.1) is 13.2 Å². The average molecular weight is 265 g/mol. The molecule has 19 heavy (non-hydrogen) atoms. The van der Waals surface area contributed by atoms with Crippen molar-refractivity contribution < 1.29 is 9.90 Å².